The maximum absolute atomic E-state index is 12.1. The van der Waals surface area contributed by atoms with Gasteiger partial charge in [-0.3, -0.25) is 14.5 Å². The van der Waals surface area contributed by atoms with E-state index in [1.165, 1.54) is 25.7 Å². The van der Waals surface area contributed by atoms with Crippen LogP contribution in [-0.4, -0.2) is 41.9 Å². The Kier molecular flexibility index (Phi) is 5.67. The standard InChI is InChI=1S/C19H24N4O2/c20-11-9-14-5-7-15(8-6-14)21-18(24)19(25)22-16-10-12-23(13-16)17-3-1-2-4-17/h5-8,16-17H,1-4,9-10,12-13H2,(H,21,24)(H,22,25)/t16-/m1/s1. The second kappa shape index (κ2) is 8.13. The van der Waals surface area contributed by atoms with Gasteiger partial charge >= 0.3 is 11.8 Å². The number of hydrogen-bond donors (Lipinski definition) is 2. The number of amides is 2. The first-order valence-electron chi connectivity index (χ1n) is 8.97. The number of benzene rings is 1. The van der Waals surface area contributed by atoms with Crippen LogP contribution >= 0.6 is 0 Å². The van der Waals surface area contributed by atoms with E-state index in [1.807, 2.05) is 0 Å². The topological polar surface area (TPSA) is 85.2 Å². The van der Waals surface area contributed by atoms with Crippen molar-refractivity contribution < 1.29 is 9.59 Å². The van der Waals surface area contributed by atoms with Crippen molar-refractivity contribution in [2.24, 2.45) is 0 Å². The monoisotopic (exact) mass is 340 g/mol. The number of rotatable bonds is 4. The summed E-state index contributed by atoms with van der Waals surface area (Å²) in [7, 11) is 0. The third-order valence-corrected chi connectivity index (χ3v) is 5.10. The highest BCUT2D eigenvalue weighted by atomic mass is 16.2. The van der Waals surface area contributed by atoms with Gasteiger partial charge in [-0.25, -0.2) is 0 Å². The molecule has 1 aromatic carbocycles. The summed E-state index contributed by atoms with van der Waals surface area (Å²) < 4.78 is 0. The minimum absolute atomic E-state index is 0.0526. The molecule has 0 unspecified atom stereocenters. The fourth-order valence-corrected chi connectivity index (χ4v) is 3.74. The number of nitrogens with one attached hydrogen (secondary N) is 2. The fraction of sp³-hybridized carbons (Fsp3) is 0.526. The molecule has 0 bridgehead atoms. The van der Waals surface area contributed by atoms with Crippen LogP contribution in [0.15, 0.2) is 24.3 Å². The molecule has 0 aromatic heterocycles. The van der Waals surface area contributed by atoms with Gasteiger partial charge in [0.15, 0.2) is 0 Å². The van der Waals surface area contributed by atoms with E-state index in [1.54, 1.807) is 24.3 Å². The summed E-state index contributed by atoms with van der Waals surface area (Å²) in [5, 5.41) is 14.1. The van der Waals surface area contributed by atoms with Crippen molar-refractivity contribution in [2.45, 2.75) is 50.6 Å². The van der Waals surface area contributed by atoms with Crippen LogP contribution in [-0.2, 0) is 16.0 Å². The Hall–Kier alpha value is -2.39. The summed E-state index contributed by atoms with van der Waals surface area (Å²) in [5.74, 6) is -1.23. The summed E-state index contributed by atoms with van der Waals surface area (Å²) in [5.41, 5.74) is 1.43. The van der Waals surface area contributed by atoms with Gasteiger partial charge in [-0.05, 0) is 37.0 Å². The van der Waals surface area contributed by atoms with Crippen LogP contribution in [0.3, 0.4) is 0 Å². The molecule has 2 fully saturated rings. The quantitative estimate of drug-likeness (QED) is 0.819. The van der Waals surface area contributed by atoms with E-state index < -0.39 is 11.8 Å². The van der Waals surface area contributed by atoms with Crippen molar-refractivity contribution in [3.63, 3.8) is 0 Å². The van der Waals surface area contributed by atoms with E-state index in [-0.39, 0.29) is 6.04 Å². The molecule has 1 aliphatic carbocycles. The molecular weight excluding hydrogens is 316 g/mol. The fourth-order valence-electron chi connectivity index (χ4n) is 3.74. The third-order valence-electron chi connectivity index (χ3n) is 5.10. The van der Waals surface area contributed by atoms with Crippen LogP contribution in [0.25, 0.3) is 0 Å². The van der Waals surface area contributed by atoms with Crippen molar-refractivity contribution in [1.29, 1.82) is 5.26 Å². The molecule has 1 atom stereocenters. The van der Waals surface area contributed by atoms with Gasteiger partial charge in [0.25, 0.3) is 0 Å². The number of nitriles is 1. The Labute approximate surface area is 148 Å². The number of anilines is 1. The molecule has 2 N–H and O–H groups in total. The minimum atomic E-state index is -0.646. The van der Waals surface area contributed by atoms with E-state index in [4.69, 9.17) is 5.26 Å². The van der Waals surface area contributed by atoms with Gasteiger partial charge in [0, 0.05) is 30.9 Å². The first kappa shape index (κ1) is 17.4. The smallest absolute Gasteiger partial charge is 0.313 e. The maximum Gasteiger partial charge on any atom is 0.313 e. The second-order valence-electron chi connectivity index (χ2n) is 6.88. The van der Waals surface area contributed by atoms with Crippen LogP contribution in [0.2, 0.25) is 0 Å². The van der Waals surface area contributed by atoms with Crippen LogP contribution in [0, 0.1) is 11.3 Å². The zero-order chi connectivity index (χ0) is 17.6. The molecule has 6 heteroatoms. The van der Waals surface area contributed by atoms with Gasteiger partial charge in [-0.1, -0.05) is 25.0 Å². The molecular formula is C19H24N4O2. The number of carbonyl (C=O) groups excluding carboxylic acids is 2. The van der Waals surface area contributed by atoms with Crippen molar-refractivity contribution in [3.8, 4) is 6.07 Å². The lowest BCUT2D eigenvalue weighted by Gasteiger charge is -2.23. The van der Waals surface area contributed by atoms with Gasteiger partial charge < -0.3 is 10.6 Å². The molecule has 3 rings (SSSR count). The average Bonchev–Trinajstić information content (AvgIpc) is 3.28. The van der Waals surface area contributed by atoms with Crippen LogP contribution in [0.5, 0.6) is 0 Å². The molecule has 1 saturated carbocycles. The highest BCUT2D eigenvalue weighted by Gasteiger charge is 2.31. The molecule has 132 valence electrons. The summed E-state index contributed by atoms with van der Waals surface area (Å²) in [6.45, 7) is 1.84. The Morgan fingerprint density at radius 2 is 1.84 bits per heavy atom. The molecule has 1 aliphatic heterocycles. The zero-order valence-corrected chi connectivity index (χ0v) is 14.3. The van der Waals surface area contributed by atoms with Gasteiger partial charge in [0.2, 0.25) is 0 Å². The summed E-state index contributed by atoms with van der Waals surface area (Å²) in [6.07, 6.45) is 6.33. The Balaban J connectivity index is 1.46. The molecule has 1 aromatic rings. The molecule has 1 saturated heterocycles. The largest absolute Gasteiger partial charge is 0.344 e. The van der Waals surface area contributed by atoms with E-state index >= 15 is 0 Å². The van der Waals surface area contributed by atoms with Gasteiger partial charge in [-0.2, -0.15) is 5.26 Å². The Bertz CT molecular complexity index is 659. The summed E-state index contributed by atoms with van der Waals surface area (Å²) in [6, 6.07) is 9.73. The summed E-state index contributed by atoms with van der Waals surface area (Å²) in [4.78, 5) is 26.6. The number of carbonyl (C=O) groups is 2. The average molecular weight is 340 g/mol. The molecule has 1 heterocycles. The van der Waals surface area contributed by atoms with Gasteiger partial charge in [-0.15, -0.1) is 0 Å². The van der Waals surface area contributed by atoms with Crippen molar-refractivity contribution in [3.05, 3.63) is 29.8 Å². The predicted octanol–water partition coefficient (Wildman–Crippen LogP) is 1.82. The molecule has 6 nitrogen and oxygen atoms in total. The van der Waals surface area contributed by atoms with Crippen molar-refractivity contribution >= 4 is 17.5 Å². The van der Waals surface area contributed by atoms with Crippen LogP contribution < -0.4 is 10.6 Å². The van der Waals surface area contributed by atoms with Crippen LogP contribution in [0.1, 0.15) is 37.7 Å². The highest BCUT2D eigenvalue weighted by Crippen LogP contribution is 2.26. The number of hydrogen-bond acceptors (Lipinski definition) is 4. The Morgan fingerprint density at radius 3 is 2.52 bits per heavy atom. The molecule has 25 heavy (non-hydrogen) atoms. The number of nitrogens with zero attached hydrogens (tertiary/aromatic N) is 2. The SMILES string of the molecule is N#CCc1ccc(NC(=O)C(=O)N[C@@H]2CCN(C3CCCC3)C2)cc1. The first-order chi connectivity index (χ1) is 12.2. The Morgan fingerprint density at radius 1 is 1.12 bits per heavy atom. The predicted molar refractivity (Wildman–Crippen MR) is 94.8 cm³/mol. The third kappa shape index (κ3) is 4.58. The minimum Gasteiger partial charge on any atom is -0.344 e. The van der Waals surface area contributed by atoms with E-state index in [0.29, 0.717) is 18.2 Å². The lowest BCUT2D eigenvalue weighted by molar-refractivity contribution is -0.136. The summed E-state index contributed by atoms with van der Waals surface area (Å²) >= 11 is 0. The van der Waals surface area contributed by atoms with E-state index in [0.717, 1.165) is 25.1 Å². The number of likely N-dealkylation sites (tertiary alicyclic amines) is 1. The maximum atomic E-state index is 12.1. The second-order valence-corrected chi connectivity index (χ2v) is 6.88. The highest BCUT2D eigenvalue weighted by molar-refractivity contribution is 6.39. The normalized spacial score (nSPS) is 21.0. The first-order valence-corrected chi connectivity index (χ1v) is 8.97. The van der Waals surface area contributed by atoms with Crippen LogP contribution in [0.4, 0.5) is 5.69 Å². The molecule has 0 spiro atoms. The van der Waals surface area contributed by atoms with Gasteiger partial charge in [0.05, 0.1) is 12.5 Å². The lowest BCUT2D eigenvalue weighted by atomic mass is 10.1. The van der Waals surface area contributed by atoms with Gasteiger partial charge in [0.1, 0.15) is 0 Å². The van der Waals surface area contributed by atoms with Crippen molar-refractivity contribution in [1.82, 2.24) is 10.2 Å². The van der Waals surface area contributed by atoms with E-state index in [9.17, 15) is 9.59 Å². The zero-order valence-electron chi connectivity index (χ0n) is 14.3. The lowest BCUT2D eigenvalue weighted by Crippen LogP contribution is -2.43. The molecule has 0 radical (unpaired) electrons. The van der Waals surface area contributed by atoms with Crippen molar-refractivity contribution in [2.75, 3.05) is 18.4 Å². The van der Waals surface area contributed by atoms with E-state index in [2.05, 4.69) is 21.6 Å². The molecule has 2 aliphatic rings. The molecule has 2 amide bonds.